The van der Waals surface area contributed by atoms with E-state index in [9.17, 15) is 14.0 Å². The molecular formula is C23H20ClFN2O3. The Hall–Kier alpha value is -3.38. The van der Waals surface area contributed by atoms with Crippen LogP contribution in [0.2, 0.25) is 5.02 Å². The summed E-state index contributed by atoms with van der Waals surface area (Å²) in [5.74, 6) is -0.709. The van der Waals surface area contributed by atoms with Crippen LogP contribution in [0.1, 0.15) is 34.6 Å². The lowest BCUT2D eigenvalue weighted by molar-refractivity contribution is 0.101. The lowest BCUT2D eigenvalue weighted by Gasteiger charge is -2.11. The van der Waals surface area contributed by atoms with Gasteiger partial charge < -0.3 is 15.4 Å². The van der Waals surface area contributed by atoms with Crippen molar-refractivity contribution < 1.29 is 18.7 Å². The Labute approximate surface area is 178 Å². The topological polar surface area (TPSA) is 67.4 Å². The molecule has 5 nitrogen and oxygen atoms in total. The molecule has 3 aromatic rings. The Morgan fingerprint density at radius 2 is 1.47 bits per heavy atom. The predicted molar refractivity (Wildman–Crippen MR) is 116 cm³/mol. The molecule has 0 aliphatic heterocycles. The maximum absolute atomic E-state index is 13.3. The fraction of sp³-hybridized carbons (Fsp3) is 0.130. The van der Waals surface area contributed by atoms with Crippen molar-refractivity contribution in [3.05, 3.63) is 88.7 Å². The van der Waals surface area contributed by atoms with Crippen LogP contribution in [0.15, 0.2) is 66.7 Å². The molecule has 0 aromatic heterocycles. The zero-order valence-electron chi connectivity index (χ0n) is 16.4. The Morgan fingerprint density at radius 3 is 2.10 bits per heavy atom. The van der Waals surface area contributed by atoms with Crippen molar-refractivity contribution in [3.63, 3.8) is 0 Å². The third kappa shape index (κ3) is 5.58. The van der Waals surface area contributed by atoms with Crippen LogP contribution >= 0.6 is 11.6 Å². The first-order valence-corrected chi connectivity index (χ1v) is 9.64. The zero-order valence-corrected chi connectivity index (χ0v) is 17.2. The minimum atomic E-state index is -0.567. The van der Waals surface area contributed by atoms with Crippen molar-refractivity contribution >= 4 is 34.8 Å². The van der Waals surface area contributed by atoms with Gasteiger partial charge in [0.2, 0.25) is 0 Å². The van der Waals surface area contributed by atoms with Crippen LogP contribution in [0.4, 0.5) is 15.8 Å². The van der Waals surface area contributed by atoms with E-state index in [1.807, 2.05) is 13.8 Å². The monoisotopic (exact) mass is 426 g/mol. The lowest BCUT2D eigenvalue weighted by atomic mass is 10.1. The van der Waals surface area contributed by atoms with Crippen molar-refractivity contribution in [2.75, 3.05) is 10.6 Å². The highest BCUT2D eigenvalue weighted by molar-refractivity contribution is 6.31. The second-order valence-electron chi connectivity index (χ2n) is 6.81. The van der Waals surface area contributed by atoms with Gasteiger partial charge in [-0.3, -0.25) is 9.59 Å². The highest BCUT2D eigenvalue weighted by Crippen LogP contribution is 2.21. The van der Waals surface area contributed by atoms with Gasteiger partial charge in [-0.2, -0.15) is 0 Å². The fourth-order valence-corrected chi connectivity index (χ4v) is 2.88. The molecule has 0 fully saturated rings. The number of rotatable bonds is 6. The molecule has 0 atom stereocenters. The molecule has 0 saturated carbocycles. The minimum absolute atomic E-state index is 0.00510. The van der Waals surface area contributed by atoms with Crippen LogP contribution < -0.4 is 15.4 Å². The molecule has 0 aliphatic carbocycles. The van der Waals surface area contributed by atoms with Crippen LogP contribution in [-0.4, -0.2) is 17.9 Å². The molecule has 3 aromatic carbocycles. The van der Waals surface area contributed by atoms with Gasteiger partial charge in [-0.25, -0.2) is 4.39 Å². The van der Waals surface area contributed by atoms with Crippen LogP contribution in [-0.2, 0) is 0 Å². The van der Waals surface area contributed by atoms with E-state index in [0.717, 1.165) is 0 Å². The molecule has 0 spiro atoms. The average molecular weight is 427 g/mol. The summed E-state index contributed by atoms with van der Waals surface area (Å²) in [6.45, 7) is 3.81. The SMILES string of the molecule is CC(C)Oc1cccc(C(=O)Nc2cccc(C(=O)Nc3ccc(F)c(Cl)c3)c2)c1. The molecule has 0 aliphatic rings. The second-order valence-corrected chi connectivity index (χ2v) is 7.22. The van der Waals surface area contributed by atoms with Crippen LogP contribution in [0.5, 0.6) is 5.75 Å². The van der Waals surface area contributed by atoms with E-state index in [4.69, 9.17) is 16.3 Å². The smallest absolute Gasteiger partial charge is 0.255 e. The molecule has 7 heteroatoms. The molecule has 154 valence electrons. The first-order valence-electron chi connectivity index (χ1n) is 9.26. The van der Waals surface area contributed by atoms with E-state index in [0.29, 0.717) is 28.3 Å². The largest absolute Gasteiger partial charge is 0.491 e. The van der Waals surface area contributed by atoms with Crippen LogP contribution in [0, 0.1) is 5.82 Å². The van der Waals surface area contributed by atoms with Gasteiger partial charge in [-0.15, -0.1) is 0 Å². The second kappa shape index (κ2) is 9.41. The molecular weight excluding hydrogens is 407 g/mol. The van der Waals surface area contributed by atoms with E-state index < -0.39 is 11.7 Å². The van der Waals surface area contributed by atoms with Crippen LogP contribution in [0.3, 0.4) is 0 Å². The summed E-state index contributed by atoms with van der Waals surface area (Å²) in [4.78, 5) is 25.1. The number of benzene rings is 3. The first kappa shape index (κ1) is 21.3. The van der Waals surface area contributed by atoms with Gasteiger partial charge in [0.15, 0.2) is 0 Å². The van der Waals surface area contributed by atoms with E-state index in [-0.39, 0.29) is 17.0 Å². The average Bonchev–Trinajstić information content (AvgIpc) is 2.70. The number of hydrogen-bond acceptors (Lipinski definition) is 3. The van der Waals surface area contributed by atoms with Gasteiger partial charge in [-0.05, 0) is 68.4 Å². The molecule has 0 heterocycles. The Bertz CT molecular complexity index is 1090. The number of nitrogens with one attached hydrogen (secondary N) is 2. The first-order chi connectivity index (χ1) is 14.3. The number of ether oxygens (including phenoxy) is 1. The molecule has 2 N–H and O–H groups in total. The highest BCUT2D eigenvalue weighted by Gasteiger charge is 2.11. The summed E-state index contributed by atoms with van der Waals surface area (Å²) >= 11 is 5.74. The third-order valence-corrected chi connectivity index (χ3v) is 4.32. The molecule has 30 heavy (non-hydrogen) atoms. The Kier molecular flexibility index (Phi) is 6.69. The Balaban J connectivity index is 1.71. The van der Waals surface area contributed by atoms with Gasteiger partial charge in [0.05, 0.1) is 11.1 Å². The van der Waals surface area contributed by atoms with Crippen LogP contribution in [0.25, 0.3) is 0 Å². The minimum Gasteiger partial charge on any atom is -0.491 e. The van der Waals surface area contributed by atoms with Crippen molar-refractivity contribution in [2.24, 2.45) is 0 Å². The zero-order chi connectivity index (χ0) is 21.7. The van der Waals surface area contributed by atoms with Gasteiger partial charge in [0.1, 0.15) is 11.6 Å². The summed E-state index contributed by atoms with van der Waals surface area (Å²) in [5.41, 5.74) is 1.58. The summed E-state index contributed by atoms with van der Waals surface area (Å²) in [6.07, 6.45) is -0.00510. The molecule has 0 saturated heterocycles. The molecule has 0 radical (unpaired) electrons. The van der Waals surface area contributed by atoms with Gasteiger partial charge in [-0.1, -0.05) is 23.7 Å². The molecule has 0 bridgehead atoms. The number of carbonyl (C=O) groups excluding carboxylic acids is 2. The van der Waals surface area contributed by atoms with Gasteiger partial charge >= 0.3 is 0 Å². The van der Waals surface area contributed by atoms with Crippen molar-refractivity contribution in [2.45, 2.75) is 20.0 Å². The lowest BCUT2D eigenvalue weighted by Crippen LogP contribution is -2.15. The summed E-state index contributed by atoms with van der Waals surface area (Å²) < 4.78 is 18.9. The van der Waals surface area contributed by atoms with E-state index in [1.165, 1.54) is 18.2 Å². The quantitative estimate of drug-likeness (QED) is 0.525. The maximum Gasteiger partial charge on any atom is 0.255 e. The van der Waals surface area contributed by atoms with E-state index >= 15 is 0 Å². The number of hydrogen-bond donors (Lipinski definition) is 2. The summed E-state index contributed by atoms with van der Waals surface area (Å²) in [7, 11) is 0. The van der Waals surface area contributed by atoms with Crippen molar-refractivity contribution in [3.8, 4) is 5.75 Å². The van der Waals surface area contributed by atoms with E-state index in [1.54, 1.807) is 48.5 Å². The number of amides is 2. The molecule has 3 rings (SSSR count). The van der Waals surface area contributed by atoms with Gasteiger partial charge in [0.25, 0.3) is 11.8 Å². The number of anilines is 2. The number of carbonyl (C=O) groups is 2. The van der Waals surface area contributed by atoms with Gasteiger partial charge in [0, 0.05) is 22.5 Å². The normalized spacial score (nSPS) is 10.6. The highest BCUT2D eigenvalue weighted by atomic mass is 35.5. The summed E-state index contributed by atoms with van der Waals surface area (Å²) in [6, 6.07) is 17.3. The predicted octanol–water partition coefficient (Wildman–Crippen LogP) is 5.77. The fourth-order valence-electron chi connectivity index (χ4n) is 2.70. The molecule has 0 unspecified atom stereocenters. The van der Waals surface area contributed by atoms with Crippen molar-refractivity contribution in [1.82, 2.24) is 0 Å². The number of halogens is 2. The molecule has 2 amide bonds. The summed E-state index contributed by atoms with van der Waals surface area (Å²) in [5, 5.41) is 5.33. The standard InChI is InChI=1S/C23H20ClFN2O3/c1-14(2)30-19-8-4-6-16(12-19)23(29)26-17-7-3-5-15(11-17)22(28)27-18-9-10-21(25)20(24)13-18/h3-14H,1-2H3,(H,26,29)(H,27,28). The maximum atomic E-state index is 13.3. The van der Waals surface area contributed by atoms with Crippen molar-refractivity contribution in [1.29, 1.82) is 0 Å². The Morgan fingerprint density at radius 1 is 0.867 bits per heavy atom. The third-order valence-electron chi connectivity index (χ3n) is 4.03. The van der Waals surface area contributed by atoms with E-state index in [2.05, 4.69) is 10.6 Å².